The first kappa shape index (κ1) is 25.0. The van der Waals surface area contributed by atoms with Gasteiger partial charge in [0.05, 0.1) is 13.2 Å². The quantitative estimate of drug-likeness (QED) is 0.226. The van der Waals surface area contributed by atoms with Gasteiger partial charge in [-0.3, -0.25) is 9.59 Å². The average molecular weight is 506 g/mol. The predicted molar refractivity (Wildman–Crippen MR) is 145 cm³/mol. The molecule has 0 aliphatic rings. The summed E-state index contributed by atoms with van der Waals surface area (Å²) in [5.74, 6) is 0.928. The Morgan fingerprint density at radius 2 is 1.39 bits per heavy atom. The van der Waals surface area contributed by atoms with E-state index in [0.717, 1.165) is 22.3 Å². The minimum atomic E-state index is -0.848. The molecule has 6 heteroatoms. The maximum Gasteiger partial charge on any atom is 0.287 e. The van der Waals surface area contributed by atoms with Crippen LogP contribution in [0.1, 0.15) is 21.7 Å². The SMILES string of the molecule is O=C(NC(COCc1ccccc1)C(=O)Cc1ccc(Oc2ccccc2)cc1)c1cc2ccccc2o1. The van der Waals surface area contributed by atoms with E-state index in [0.29, 0.717) is 17.9 Å². The number of carbonyl (C=O) groups excluding carboxylic acids is 2. The lowest BCUT2D eigenvalue weighted by Gasteiger charge is -2.18. The topological polar surface area (TPSA) is 77.8 Å². The summed E-state index contributed by atoms with van der Waals surface area (Å²) in [6.07, 6.45) is 0.130. The molecule has 38 heavy (non-hydrogen) atoms. The molecule has 0 saturated carbocycles. The van der Waals surface area contributed by atoms with Crippen molar-refractivity contribution in [2.24, 2.45) is 0 Å². The molecule has 1 atom stereocenters. The standard InChI is InChI=1S/C32H27NO5/c34-29(19-23-15-17-27(18-16-23)37-26-12-5-2-6-13-26)28(22-36-21-24-9-3-1-4-10-24)33-32(35)31-20-25-11-7-8-14-30(25)38-31/h1-18,20,28H,19,21-22H2,(H,33,35). The highest BCUT2D eigenvalue weighted by atomic mass is 16.5. The van der Waals surface area contributed by atoms with Gasteiger partial charge in [0.15, 0.2) is 11.5 Å². The van der Waals surface area contributed by atoms with Crippen molar-refractivity contribution in [3.63, 3.8) is 0 Å². The van der Waals surface area contributed by atoms with Gasteiger partial charge in [-0.1, -0.05) is 78.9 Å². The third-order valence-corrected chi connectivity index (χ3v) is 6.02. The van der Waals surface area contributed by atoms with Crippen molar-refractivity contribution in [2.75, 3.05) is 6.61 Å². The van der Waals surface area contributed by atoms with E-state index in [9.17, 15) is 9.59 Å². The zero-order valence-electron chi connectivity index (χ0n) is 20.7. The van der Waals surface area contributed by atoms with E-state index in [1.807, 2.05) is 103 Å². The smallest absolute Gasteiger partial charge is 0.287 e. The summed E-state index contributed by atoms with van der Waals surface area (Å²) in [5, 5.41) is 3.63. The fourth-order valence-electron chi connectivity index (χ4n) is 4.03. The Morgan fingerprint density at radius 3 is 2.13 bits per heavy atom. The van der Waals surface area contributed by atoms with E-state index < -0.39 is 11.9 Å². The summed E-state index contributed by atoms with van der Waals surface area (Å²) >= 11 is 0. The number of ketones is 1. The first-order valence-electron chi connectivity index (χ1n) is 12.4. The Labute approximate surface area is 220 Å². The molecule has 190 valence electrons. The number of Topliss-reactive ketones (excluding diaryl/α,β-unsaturated/α-hetero) is 1. The Kier molecular flexibility index (Phi) is 7.92. The molecular weight excluding hydrogens is 478 g/mol. The van der Waals surface area contributed by atoms with Crippen LogP contribution in [-0.4, -0.2) is 24.3 Å². The first-order valence-corrected chi connectivity index (χ1v) is 12.4. The van der Waals surface area contributed by atoms with Gasteiger partial charge in [-0.2, -0.15) is 0 Å². The molecule has 0 aliphatic heterocycles. The molecule has 5 rings (SSSR count). The number of ether oxygens (including phenoxy) is 2. The van der Waals surface area contributed by atoms with Crippen molar-refractivity contribution >= 4 is 22.7 Å². The third kappa shape index (κ3) is 6.55. The van der Waals surface area contributed by atoms with Crippen LogP contribution in [0.3, 0.4) is 0 Å². The van der Waals surface area contributed by atoms with Gasteiger partial charge < -0.3 is 19.2 Å². The highest BCUT2D eigenvalue weighted by Gasteiger charge is 2.24. The molecule has 0 bridgehead atoms. The summed E-state index contributed by atoms with van der Waals surface area (Å²) in [7, 11) is 0. The molecule has 0 spiro atoms. The number of hydrogen-bond donors (Lipinski definition) is 1. The van der Waals surface area contributed by atoms with Gasteiger partial charge in [-0.15, -0.1) is 0 Å². The summed E-state index contributed by atoms with van der Waals surface area (Å²) in [6.45, 7) is 0.367. The highest BCUT2D eigenvalue weighted by molar-refractivity contribution is 5.99. The number of para-hydroxylation sites is 2. The molecule has 1 N–H and O–H groups in total. The van der Waals surface area contributed by atoms with Crippen LogP contribution in [0.5, 0.6) is 11.5 Å². The third-order valence-electron chi connectivity index (χ3n) is 6.02. The fraction of sp³-hybridized carbons (Fsp3) is 0.125. The van der Waals surface area contributed by atoms with Crippen LogP contribution in [0.4, 0.5) is 0 Å². The zero-order chi connectivity index (χ0) is 26.2. The minimum Gasteiger partial charge on any atom is -0.457 e. The van der Waals surface area contributed by atoms with Crippen molar-refractivity contribution < 1.29 is 23.5 Å². The van der Waals surface area contributed by atoms with E-state index in [1.165, 1.54) is 0 Å². The molecule has 0 fully saturated rings. The maximum absolute atomic E-state index is 13.3. The molecule has 6 nitrogen and oxygen atoms in total. The maximum atomic E-state index is 13.3. The first-order chi connectivity index (χ1) is 18.6. The van der Waals surface area contributed by atoms with E-state index in [1.54, 1.807) is 12.1 Å². The van der Waals surface area contributed by atoms with Crippen LogP contribution >= 0.6 is 0 Å². The Balaban J connectivity index is 1.26. The van der Waals surface area contributed by atoms with Gasteiger partial charge >= 0.3 is 0 Å². The van der Waals surface area contributed by atoms with Crippen LogP contribution in [0, 0.1) is 0 Å². The lowest BCUT2D eigenvalue weighted by atomic mass is 10.0. The summed E-state index contributed by atoms with van der Waals surface area (Å²) in [5.41, 5.74) is 2.40. The number of fused-ring (bicyclic) bond motifs is 1. The molecule has 1 amide bonds. The Bertz CT molecular complexity index is 1460. The van der Waals surface area contributed by atoms with E-state index >= 15 is 0 Å². The summed E-state index contributed by atoms with van der Waals surface area (Å²) in [6, 6.07) is 34.7. The summed E-state index contributed by atoms with van der Waals surface area (Å²) in [4.78, 5) is 26.3. The molecule has 1 heterocycles. The van der Waals surface area contributed by atoms with Crippen molar-refractivity contribution in [1.82, 2.24) is 5.32 Å². The summed E-state index contributed by atoms with van der Waals surface area (Å²) < 4.78 is 17.4. The van der Waals surface area contributed by atoms with Gasteiger partial charge in [-0.05, 0) is 47.5 Å². The number of hydrogen-bond acceptors (Lipinski definition) is 5. The highest BCUT2D eigenvalue weighted by Crippen LogP contribution is 2.22. The second-order valence-electron chi connectivity index (χ2n) is 8.88. The van der Waals surface area contributed by atoms with Crippen LogP contribution in [0.2, 0.25) is 0 Å². The average Bonchev–Trinajstić information content (AvgIpc) is 3.39. The number of carbonyl (C=O) groups is 2. The molecule has 0 saturated heterocycles. The van der Waals surface area contributed by atoms with E-state index in [-0.39, 0.29) is 24.6 Å². The Morgan fingerprint density at radius 1 is 0.737 bits per heavy atom. The molecule has 0 aliphatic carbocycles. The molecular formula is C32H27NO5. The van der Waals surface area contributed by atoms with Crippen molar-refractivity contribution in [1.29, 1.82) is 0 Å². The zero-order valence-corrected chi connectivity index (χ0v) is 20.7. The normalized spacial score (nSPS) is 11.7. The fourth-order valence-corrected chi connectivity index (χ4v) is 4.03. The monoisotopic (exact) mass is 505 g/mol. The minimum absolute atomic E-state index is 0.0366. The molecule has 4 aromatic carbocycles. The predicted octanol–water partition coefficient (Wildman–Crippen LogP) is 6.35. The number of nitrogens with one attached hydrogen (secondary N) is 1. The molecule has 5 aromatic rings. The van der Waals surface area contributed by atoms with Gasteiger partial charge in [0.1, 0.15) is 23.1 Å². The molecule has 1 unspecified atom stereocenters. The van der Waals surface area contributed by atoms with Crippen molar-refractivity contribution in [3.8, 4) is 11.5 Å². The van der Waals surface area contributed by atoms with Crippen molar-refractivity contribution in [3.05, 3.63) is 132 Å². The largest absolute Gasteiger partial charge is 0.457 e. The molecule has 0 radical (unpaired) electrons. The number of amides is 1. The van der Waals surface area contributed by atoms with Crippen molar-refractivity contribution in [2.45, 2.75) is 19.1 Å². The number of furan rings is 1. The van der Waals surface area contributed by atoms with E-state index in [4.69, 9.17) is 13.9 Å². The van der Waals surface area contributed by atoms with Crippen LogP contribution in [0.15, 0.2) is 120 Å². The lowest BCUT2D eigenvalue weighted by Crippen LogP contribution is -2.44. The van der Waals surface area contributed by atoms with Gasteiger partial charge in [0.2, 0.25) is 0 Å². The van der Waals surface area contributed by atoms with Gasteiger partial charge in [0, 0.05) is 11.8 Å². The van der Waals surface area contributed by atoms with Crippen LogP contribution < -0.4 is 10.1 Å². The number of rotatable bonds is 11. The second-order valence-corrected chi connectivity index (χ2v) is 8.88. The number of benzene rings is 4. The second kappa shape index (κ2) is 12.0. The van der Waals surface area contributed by atoms with E-state index in [2.05, 4.69) is 5.32 Å². The lowest BCUT2D eigenvalue weighted by molar-refractivity contribution is -0.121. The Hall–Kier alpha value is -4.68. The van der Waals surface area contributed by atoms with Crippen LogP contribution in [0.25, 0.3) is 11.0 Å². The van der Waals surface area contributed by atoms with Gasteiger partial charge in [-0.25, -0.2) is 0 Å². The molecule has 1 aromatic heterocycles. The van der Waals surface area contributed by atoms with Gasteiger partial charge in [0.25, 0.3) is 5.91 Å². The van der Waals surface area contributed by atoms with Crippen LogP contribution in [-0.2, 0) is 22.6 Å².